The number of fused-ring (bicyclic) bond motifs is 1. The van der Waals surface area contributed by atoms with Gasteiger partial charge in [0.1, 0.15) is 11.5 Å². The number of nitrogens with two attached hydrogens (primary N) is 1. The van der Waals surface area contributed by atoms with Crippen LogP contribution in [0.4, 0.5) is 5.69 Å². The van der Waals surface area contributed by atoms with Crippen molar-refractivity contribution in [2.75, 3.05) is 11.6 Å². The molecular formula is C17H19N5O2S. The van der Waals surface area contributed by atoms with Crippen LogP contribution in [0.5, 0.6) is 0 Å². The molecule has 0 aliphatic carbocycles. The molecule has 2 heterocycles. The first-order chi connectivity index (χ1) is 11.9. The van der Waals surface area contributed by atoms with Gasteiger partial charge in [0.15, 0.2) is 0 Å². The Morgan fingerprint density at radius 3 is 2.76 bits per heavy atom. The van der Waals surface area contributed by atoms with E-state index in [-0.39, 0.29) is 16.5 Å². The van der Waals surface area contributed by atoms with E-state index in [0.717, 1.165) is 11.3 Å². The first-order valence-electron chi connectivity index (χ1n) is 7.71. The molecule has 0 bridgehead atoms. The molecule has 0 aliphatic rings. The number of aromatic nitrogens is 3. The molecule has 7 nitrogen and oxygen atoms in total. The number of nitrogens with one attached hydrogen (secondary N) is 3. The summed E-state index contributed by atoms with van der Waals surface area (Å²) in [5, 5.41) is 4.02. The Labute approximate surface area is 148 Å². The minimum absolute atomic E-state index is 0.185. The molecule has 3 rings (SSSR count). The average molecular weight is 357 g/mol. The van der Waals surface area contributed by atoms with Crippen molar-refractivity contribution in [2.45, 2.75) is 25.4 Å². The fourth-order valence-electron chi connectivity index (χ4n) is 2.72. The standard InChI is InChI=1S/C17H19N5O2S/c1-8-5-4-6-10(9(8)2)19-7-11-20-15-13(16(24)21-11)12(14(18)23)17(22-15)25-3/h4-6,19H,7H2,1-3H3,(H2,18,23)(H2,20,21,22,24). The number of H-pyrrole nitrogens is 2. The van der Waals surface area contributed by atoms with Crippen LogP contribution in [0.1, 0.15) is 27.3 Å². The molecule has 8 heteroatoms. The number of primary amides is 1. The van der Waals surface area contributed by atoms with E-state index in [1.54, 1.807) is 6.26 Å². The number of hydrogen-bond acceptors (Lipinski definition) is 5. The van der Waals surface area contributed by atoms with Crippen LogP contribution in [0.3, 0.4) is 0 Å². The summed E-state index contributed by atoms with van der Waals surface area (Å²) in [6, 6.07) is 5.99. The van der Waals surface area contributed by atoms with Crippen molar-refractivity contribution < 1.29 is 4.79 Å². The van der Waals surface area contributed by atoms with Crippen molar-refractivity contribution in [2.24, 2.45) is 5.73 Å². The summed E-state index contributed by atoms with van der Waals surface area (Å²) in [6.07, 6.45) is 1.80. The van der Waals surface area contributed by atoms with Crippen molar-refractivity contribution in [1.29, 1.82) is 0 Å². The number of amides is 1. The van der Waals surface area contributed by atoms with Crippen LogP contribution in [0.15, 0.2) is 28.0 Å². The Bertz CT molecular complexity index is 1020. The second kappa shape index (κ2) is 6.64. The van der Waals surface area contributed by atoms with E-state index in [0.29, 0.717) is 23.0 Å². The quantitative estimate of drug-likeness (QED) is 0.523. The summed E-state index contributed by atoms with van der Waals surface area (Å²) in [6.45, 7) is 4.43. The van der Waals surface area contributed by atoms with E-state index >= 15 is 0 Å². The molecule has 25 heavy (non-hydrogen) atoms. The highest BCUT2D eigenvalue weighted by molar-refractivity contribution is 7.98. The van der Waals surface area contributed by atoms with Gasteiger partial charge in [-0.05, 0) is 37.3 Å². The van der Waals surface area contributed by atoms with Gasteiger partial charge in [0.05, 0.1) is 22.5 Å². The number of carbonyl (C=O) groups excluding carboxylic acids is 1. The molecule has 0 radical (unpaired) electrons. The number of benzene rings is 1. The van der Waals surface area contributed by atoms with E-state index in [9.17, 15) is 9.59 Å². The highest BCUT2D eigenvalue weighted by atomic mass is 32.2. The fourth-order valence-corrected chi connectivity index (χ4v) is 3.32. The van der Waals surface area contributed by atoms with Crippen LogP contribution in [0.2, 0.25) is 0 Å². The molecule has 130 valence electrons. The van der Waals surface area contributed by atoms with Crippen LogP contribution >= 0.6 is 11.8 Å². The summed E-state index contributed by atoms with van der Waals surface area (Å²) in [4.78, 5) is 34.2. The van der Waals surface area contributed by atoms with Gasteiger partial charge in [0, 0.05) is 5.69 Å². The highest BCUT2D eigenvalue weighted by Crippen LogP contribution is 2.25. The predicted molar refractivity (Wildman–Crippen MR) is 100 cm³/mol. The molecule has 3 aromatic rings. The van der Waals surface area contributed by atoms with E-state index in [1.165, 1.54) is 17.3 Å². The van der Waals surface area contributed by atoms with Gasteiger partial charge in [-0.25, -0.2) is 4.98 Å². The Balaban J connectivity index is 1.97. The summed E-state index contributed by atoms with van der Waals surface area (Å²) in [7, 11) is 0. The lowest BCUT2D eigenvalue weighted by Gasteiger charge is -2.11. The second-order valence-electron chi connectivity index (χ2n) is 5.73. The Hall–Kier alpha value is -2.74. The van der Waals surface area contributed by atoms with Crippen LogP contribution in [-0.2, 0) is 6.54 Å². The topological polar surface area (TPSA) is 117 Å². The molecular weight excluding hydrogens is 338 g/mol. The lowest BCUT2D eigenvalue weighted by Crippen LogP contribution is -2.18. The minimum Gasteiger partial charge on any atom is -0.378 e. The van der Waals surface area contributed by atoms with E-state index < -0.39 is 5.91 Å². The molecule has 0 fully saturated rings. The number of thioether (sulfide) groups is 1. The van der Waals surface area contributed by atoms with Gasteiger partial charge in [-0.2, -0.15) is 0 Å². The van der Waals surface area contributed by atoms with Gasteiger partial charge in [-0.3, -0.25) is 9.59 Å². The molecule has 2 aromatic heterocycles. The monoisotopic (exact) mass is 357 g/mol. The number of rotatable bonds is 5. The summed E-state index contributed by atoms with van der Waals surface area (Å²) in [5.41, 5.74) is 8.88. The van der Waals surface area contributed by atoms with Crippen LogP contribution < -0.4 is 16.6 Å². The summed E-state index contributed by atoms with van der Waals surface area (Å²) in [5.74, 6) is -0.174. The van der Waals surface area contributed by atoms with E-state index in [1.807, 2.05) is 32.0 Å². The SMILES string of the molecule is CSc1[nH]c2nc(CNc3cccc(C)c3C)[nH]c(=O)c2c1C(N)=O. The molecule has 0 unspecified atom stereocenters. The number of nitrogens with zero attached hydrogens (tertiary/aromatic N) is 1. The molecule has 1 aromatic carbocycles. The summed E-state index contributed by atoms with van der Waals surface area (Å²) >= 11 is 1.31. The Morgan fingerprint density at radius 1 is 1.32 bits per heavy atom. The highest BCUT2D eigenvalue weighted by Gasteiger charge is 2.20. The third-order valence-corrected chi connectivity index (χ3v) is 4.89. The number of aryl methyl sites for hydroxylation is 1. The van der Waals surface area contributed by atoms with Gasteiger partial charge >= 0.3 is 0 Å². The van der Waals surface area contributed by atoms with Crippen molar-refractivity contribution in [1.82, 2.24) is 15.0 Å². The lowest BCUT2D eigenvalue weighted by atomic mass is 10.1. The molecule has 1 amide bonds. The van der Waals surface area contributed by atoms with E-state index in [4.69, 9.17) is 5.73 Å². The zero-order valence-corrected chi connectivity index (χ0v) is 15.0. The zero-order valence-electron chi connectivity index (χ0n) is 14.2. The van der Waals surface area contributed by atoms with Gasteiger partial charge < -0.3 is 21.0 Å². The van der Waals surface area contributed by atoms with Crippen LogP contribution in [-0.4, -0.2) is 27.1 Å². The van der Waals surface area contributed by atoms with Gasteiger partial charge in [-0.1, -0.05) is 12.1 Å². The summed E-state index contributed by atoms with van der Waals surface area (Å²) < 4.78 is 0. The normalized spacial score (nSPS) is 11.0. The largest absolute Gasteiger partial charge is 0.378 e. The van der Waals surface area contributed by atoms with Crippen molar-refractivity contribution in [3.05, 3.63) is 51.1 Å². The van der Waals surface area contributed by atoms with Gasteiger partial charge in [0.25, 0.3) is 11.5 Å². The van der Waals surface area contributed by atoms with Crippen molar-refractivity contribution in [3.63, 3.8) is 0 Å². The first-order valence-corrected chi connectivity index (χ1v) is 8.93. The van der Waals surface area contributed by atoms with Gasteiger partial charge in [-0.15, -0.1) is 11.8 Å². The van der Waals surface area contributed by atoms with Crippen molar-refractivity contribution in [3.8, 4) is 0 Å². The van der Waals surface area contributed by atoms with Crippen LogP contribution in [0, 0.1) is 13.8 Å². The van der Waals surface area contributed by atoms with Crippen LogP contribution in [0.25, 0.3) is 11.0 Å². The maximum Gasteiger partial charge on any atom is 0.261 e. The first kappa shape index (κ1) is 17.1. The molecule has 0 atom stereocenters. The predicted octanol–water partition coefficient (Wildman–Crippen LogP) is 2.30. The Kier molecular flexibility index (Phi) is 4.54. The number of aromatic amines is 2. The van der Waals surface area contributed by atoms with Gasteiger partial charge in [0.2, 0.25) is 0 Å². The zero-order chi connectivity index (χ0) is 18.1. The average Bonchev–Trinajstić information content (AvgIpc) is 2.95. The number of hydrogen-bond donors (Lipinski definition) is 4. The van der Waals surface area contributed by atoms with E-state index in [2.05, 4.69) is 20.3 Å². The Morgan fingerprint density at radius 2 is 2.08 bits per heavy atom. The number of carbonyl (C=O) groups is 1. The molecule has 0 saturated heterocycles. The lowest BCUT2D eigenvalue weighted by molar-refractivity contribution is 0.0999. The maximum absolute atomic E-state index is 12.4. The van der Waals surface area contributed by atoms with Crippen molar-refractivity contribution >= 4 is 34.4 Å². The minimum atomic E-state index is -0.649. The third-order valence-electron chi connectivity index (χ3n) is 4.18. The smallest absolute Gasteiger partial charge is 0.261 e. The third kappa shape index (κ3) is 3.12. The molecule has 5 N–H and O–H groups in total. The molecule has 0 saturated carbocycles. The number of anilines is 1. The molecule has 0 spiro atoms. The fraction of sp³-hybridized carbons (Fsp3) is 0.235. The molecule has 0 aliphatic heterocycles. The maximum atomic E-state index is 12.4. The second-order valence-corrected chi connectivity index (χ2v) is 6.55.